The van der Waals surface area contributed by atoms with E-state index in [4.69, 9.17) is 0 Å². The summed E-state index contributed by atoms with van der Waals surface area (Å²) in [4.78, 5) is 24.5. The van der Waals surface area contributed by atoms with Gasteiger partial charge in [0.05, 0.1) is 10.9 Å². The number of likely N-dealkylation sites (tertiary alicyclic amines) is 1. The van der Waals surface area contributed by atoms with E-state index in [-0.39, 0.29) is 42.6 Å². The smallest absolute Gasteiger partial charge is 0.243 e. The minimum absolute atomic E-state index is 0.0476. The molecule has 8 heteroatoms. The maximum Gasteiger partial charge on any atom is 0.243 e. The van der Waals surface area contributed by atoms with Gasteiger partial charge in [-0.05, 0) is 30.7 Å². The maximum absolute atomic E-state index is 13.1. The van der Waals surface area contributed by atoms with Crippen molar-refractivity contribution in [3.05, 3.63) is 29.6 Å². The average molecular weight is 326 g/mol. The predicted molar refractivity (Wildman–Crippen MR) is 74.8 cm³/mol. The molecule has 6 nitrogen and oxygen atoms in total. The van der Waals surface area contributed by atoms with Gasteiger partial charge < -0.3 is 0 Å². The van der Waals surface area contributed by atoms with Crippen LogP contribution in [-0.2, 0) is 19.6 Å². The van der Waals surface area contributed by atoms with Crippen molar-refractivity contribution in [1.82, 2.24) is 9.21 Å². The number of aryl methyl sites for hydroxylation is 1. The zero-order valence-electron chi connectivity index (χ0n) is 12.0. The van der Waals surface area contributed by atoms with E-state index < -0.39 is 21.9 Å². The Kier molecular flexibility index (Phi) is 3.53. The van der Waals surface area contributed by atoms with Gasteiger partial charge in [-0.15, -0.1) is 0 Å². The number of rotatable bonds is 3. The fourth-order valence-electron chi connectivity index (χ4n) is 2.82. The molecule has 0 atom stereocenters. The van der Waals surface area contributed by atoms with Gasteiger partial charge in [0.15, 0.2) is 0 Å². The second-order valence-electron chi connectivity index (χ2n) is 5.54. The van der Waals surface area contributed by atoms with E-state index >= 15 is 0 Å². The average Bonchev–Trinajstić information content (AvgIpc) is 2.68. The Bertz CT molecular complexity index is 740. The van der Waals surface area contributed by atoms with Gasteiger partial charge in [0.1, 0.15) is 5.82 Å². The van der Waals surface area contributed by atoms with E-state index in [2.05, 4.69) is 0 Å². The third kappa shape index (κ3) is 2.32. The number of hydrogen-bond acceptors (Lipinski definition) is 4. The van der Waals surface area contributed by atoms with Crippen molar-refractivity contribution in [2.24, 2.45) is 0 Å². The van der Waals surface area contributed by atoms with Gasteiger partial charge in [0.25, 0.3) is 0 Å². The van der Waals surface area contributed by atoms with Gasteiger partial charge in [-0.1, -0.05) is 0 Å². The number of imide groups is 1. The highest BCUT2D eigenvalue weighted by Crippen LogP contribution is 2.29. The molecule has 22 heavy (non-hydrogen) atoms. The quantitative estimate of drug-likeness (QED) is 0.765. The topological polar surface area (TPSA) is 74.8 Å². The summed E-state index contributed by atoms with van der Waals surface area (Å²) >= 11 is 0. The van der Waals surface area contributed by atoms with Crippen LogP contribution in [0.1, 0.15) is 18.4 Å². The molecule has 2 amide bonds. The summed E-state index contributed by atoms with van der Waals surface area (Å²) in [6.45, 7) is 1.72. The van der Waals surface area contributed by atoms with Crippen molar-refractivity contribution < 1.29 is 22.4 Å². The Morgan fingerprint density at radius 1 is 1.14 bits per heavy atom. The van der Waals surface area contributed by atoms with Crippen molar-refractivity contribution in [2.75, 3.05) is 13.1 Å². The molecule has 2 saturated heterocycles. The SMILES string of the molecule is Cc1cc(F)ccc1S(=O)(=O)N1CC(N2C(=O)CCC2=O)C1. The lowest BCUT2D eigenvalue weighted by Gasteiger charge is -2.42. The first-order chi connectivity index (χ1) is 10.3. The molecule has 2 aliphatic heterocycles. The third-order valence-corrected chi connectivity index (χ3v) is 6.03. The van der Waals surface area contributed by atoms with E-state index in [1.54, 1.807) is 0 Å². The van der Waals surface area contributed by atoms with Gasteiger partial charge >= 0.3 is 0 Å². The summed E-state index contributed by atoms with van der Waals surface area (Å²) in [5.41, 5.74) is 0.330. The molecular formula is C14H15FN2O4S. The molecule has 0 unspecified atom stereocenters. The van der Waals surface area contributed by atoms with Crippen LogP contribution in [0, 0.1) is 12.7 Å². The Labute approximate surface area is 127 Å². The Morgan fingerprint density at radius 3 is 2.27 bits per heavy atom. The van der Waals surface area contributed by atoms with Gasteiger partial charge in [-0.2, -0.15) is 4.31 Å². The molecule has 0 spiro atoms. The zero-order chi connectivity index (χ0) is 16.1. The Morgan fingerprint density at radius 2 is 1.73 bits per heavy atom. The summed E-state index contributed by atoms with van der Waals surface area (Å²) in [6, 6.07) is 3.11. The van der Waals surface area contributed by atoms with Crippen molar-refractivity contribution in [3.63, 3.8) is 0 Å². The molecule has 3 rings (SSSR count). The highest BCUT2D eigenvalue weighted by molar-refractivity contribution is 7.89. The van der Waals surface area contributed by atoms with Gasteiger partial charge in [0.2, 0.25) is 21.8 Å². The summed E-state index contributed by atoms with van der Waals surface area (Å²) in [5.74, 6) is -0.985. The van der Waals surface area contributed by atoms with E-state index in [1.807, 2.05) is 0 Å². The minimum atomic E-state index is -3.73. The normalized spacial score (nSPS) is 20.5. The predicted octanol–water partition coefficient (Wildman–Crippen LogP) is 0.656. The van der Waals surface area contributed by atoms with E-state index in [9.17, 15) is 22.4 Å². The third-order valence-electron chi connectivity index (χ3n) is 4.04. The summed E-state index contributed by atoms with van der Waals surface area (Å²) in [5, 5.41) is 0. The second kappa shape index (κ2) is 5.13. The number of hydrogen-bond donors (Lipinski definition) is 0. The lowest BCUT2D eigenvalue weighted by atomic mass is 10.1. The molecule has 0 aliphatic carbocycles. The number of benzene rings is 1. The summed E-state index contributed by atoms with van der Waals surface area (Å²) in [7, 11) is -3.73. The molecule has 0 aromatic heterocycles. The highest BCUT2D eigenvalue weighted by atomic mass is 32.2. The first-order valence-corrected chi connectivity index (χ1v) is 8.36. The Hall–Kier alpha value is -1.80. The number of carbonyl (C=O) groups excluding carboxylic acids is 2. The van der Waals surface area contributed by atoms with Crippen molar-refractivity contribution in [1.29, 1.82) is 0 Å². The van der Waals surface area contributed by atoms with E-state index in [1.165, 1.54) is 22.2 Å². The van der Waals surface area contributed by atoms with E-state index in [0.29, 0.717) is 5.56 Å². The molecule has 2 aliphatic rings. The first kappa shape index (κ1) is 15.1. The molecule has 2 heterocycles. The van der Waals surface area contributed by atoms with Crippen molar-refractivity contribution in [2.45, 2.75) is 30.7 Å². The largest absolute Gasteiger partial charge is 0.277 e. The molecule has 0 N–H and O–H groups in total. The van der Waals surface area contributed by atoms with Crippen LogP contribution in [-0.4, -0.2) is 48.6 Å². The number of carbonyl (C=O) groups is 2. The van der Waals surface area contributed by atoms with Crippen molar-refractivity contribution >= 4 is 21.8 Å². The highest BCUT2D eigenvalue weighted by Gasteiger charge is 2.45. The van der Waals surface area contributed by atoms with Crippen LogP contribution < -0.4 is 0 Å². The van der Waals surface area contributed by atoms with E-state index in [0.717, 1.165) is 12.1 Å². The maximum atomic E-state index is 13.1. The molecule has 2 fully saturated rings. The minimum Gasteiger partial charge on any atom is -0.277 e. The van der Waals surface area contributed by atoms with Crippen LogP contribution in [0.15, 0.2) is 23.1 Å². The second-order valence-corrected chi connectivity index (χ2v) is 7.45. The van der Waals surface area contributed by atoms with Crippen LogP contribution in [0.5, 0.6) is 0 Å². The molecule has 0 radical (unpaired) electrons. The summed E-state index contributed by atoms with van der Waals surface area (Å²) in [6.07, 6.45) is 0.387. The lowest BCUT2D eigenvalue weighted by molar-refractivity contribution is -0.143. The standard InChI is InChI=1S/C14H15FN2O4S/c1-9-6-10(15)2-3-12(9)22(20,21)16-7-11(8-16)17-13(18)4-5-14(17)19/h2-3,6,11H,4-5,7-8H2,1H3. The zero-order valence-corrected chi connectivity index (χ0v) is 12.8. The lowest BCUT2D eigenvalue weighted by Crippen LogP contribution is -2.62. The number of amides is 2. The Balaban J connectivity index is 1.77. The molecular weight excluding hydrogens is 311 g/mol. The fourth-order valence-corrected chi connectivity index (χ4v) is 4.54. The molecule has 0 bridgehead atoms. The van der Waals surface area contributed by atoms with Crippen LogP contribution in [0.25, 0.3) is 0 Å². The molecule has 1 aromatic carbocycles. The molecule has 0 saturated carbocycles. The van der Waals surface area contributed by atoms with Crippen molar-refractivity contribution in [3.8, 4) is 0 Å². The van der Waals surface area contributed by atoms with Gasteiger partial charge in [0, 0.05) is 25.9 Å². The monoisotopic (exact) mass is 326 g/mol. The number of nitrogens with zero attached hydrogens (tertiary/aromatic N) is 2. The fraction of sp³-hybridized carbons (Fsp3) is 0.429. The van der Waals surface area contributed by atoms with Crippen LogP contribution in [0.3, 0.4) is 0 Å². The molecule has 1 aromatic rings. The first-order valence-electron chi connectivity index (χ1n) is 6.92. The van der Waals surface area contributed by atoms with Crippen LogP contribution >= 0.6 is 0 Å². The summed E-state index contributed by atoms with van der Waals surface area (Å²) < 4.78 is 39.3. The number of sulfonamides is 1. The van der Waals surface area contributed by atoms with Crippen LogP contribution in [0.4, 0.5) is 4.39 Å². The molecule has 118 valence electrons. The van der Waals surface area contributed by atoms with Gasteiger partial charge in [-0.25, -0.2) is 12.8 Å². The van der Waals surface area contributed by atoms with Gasteiger partial charge in [-0.3, -0.25) is 14.5 Å². The number of halogens is 1. The van der Waals surface area contributed by atoms with Crippen LogP contribution in [0.2, 0.25) is 0 Å².